The molecule has 2 unspecified atom stereocenters. The van der Waals surface area contributed by atoms with Gasteiger partial charge >= 0.3 is 0 Å². The van der Waals surface area contributed by atoms with Crippen molar-refractivity contribution in [3.63, 3.8) is 0 Å². The van der Waals surface area contributed by atoms with Crippen molar-refractivity contribution in [2.75, 3.05) is 46.4 Å². The summed E-state index contributed by atoms with van der Waals surface area (Å²) in [6, 6.07) is 4.93. The summed E-state index contributed by atoms with van der Waals surface area (Å²) in [6.07, 6.45) is 3.51. The van der Waals surface area contributed by atoms with Crippen LogP contribution in [-0.4, -0.2) is 57.3 Å². The van der Waals surface area contributed by atoms with Crippen LogP contribution in [0.25, 0.3) is 0 Å². The number of ether oxygens (including phenoxy) is 1. The van der Waals surface area contributed by atoms with Crippen molar-refractivity contribution in [1.29, 1.82) is 0 Å². The lowest BCUT2D eigenvalue weighted by Gasteiger charge is -2.38. The zero-order valence-corrected chi connectivity index (χ0v) is 16.8. The molecule has 1 fully saturated rings. The van der Waals surface area contributed by atoms with E-state index in [0.29, 0.717) is 12.0 Å². The third-order valence-electron chi connectivity index (χ3n) is 4.63. The van der Waals surface area contributed by atoms with E-state index in [2.05, 4.69) is 47.0 Å². The standard InChI is InChI=1S/C19H34N4OS/c1-4-20-19(21-11-8-13-24-5-2)22-15-16-9-6-12-23(3)18(16)17-10-7-14-25-17/h7,10,14,16,18H,4-6,8-9,11-13,15H2,1-3H3,(H2,20,21,22). The minimum atomic E-state index is 0.498. The molecule has 0 radical (unpaired) electrons. The molecule has 25 heavy (non-hydrogen) atoms. The smallest absolute Gasteiger partial charge is 0.191 e. The maximum Gasteiger partial charge on any atom is 0.191 e. The van der Waals surface area contributed by atoms with Gasteiger partial charge in [0, 0.05) is 43.8 Å². The Labute approximate surface area is 156 Å². The molecule has 0 spiro atoms. The highest BCUT2D eigenvalue weighted by Gasteiger charge is 2.31. The summed E-state index contributed by atoms with van der Waals surface area (Å²) >= 11 is 1.87. The van der Waals surface area contributed by atoms with Gasteiger partial charge in [-0.25, -0.2) is 0 Å². The van der Waals surface area contributed by atoms with Crippen molar-refractivity contribution in [2.45, 2.75) is 39.2 Å². The molecule has 2 heterocycles. The second-order valence-electron chi connectivity index (χ2n) is 6.54. The Balaban J connectivity index is 1.92. The van der Waals surface area contributed by atoms with Crippen LogP contribution < -0.4 is 10.6 Å². The number of nitrogens with one attached hydrogen (secondary N) is 2. The van der Waals surface area contributed by atoms with E-state index in [4.69, 9.17) is 9.73 Å². The number of nitrogens with zero attached hydrogens (tertiary/aromatic N) is 2. The minimum Gasteiger partial charge on any atom is -0.382 e. The third-order valence-corrected chi connectivity index (χ3v) is 5.57. The largest absolute Gasteiger partial charge is 0.382 e. The number of piperidine rings is 1. The summed E-state index contributed by atoms with van der Waals surface area (Å²) < 4.78 is 5.39. The fraction of sp³-hybridized carbons (Fsp3) is 0.737. The van der Waals surface area contributed by atoms with Crippen molar-refractivity contribution < 1.29 is 4.74 Å². The monoisotopic (exact) mass is 366 g/mol. The van der Waals surface area contributed by atoms with Crippen molar-refractivity contribution >= 4 is 17.3 Å². The Hall–Kier alpha value is -1.11. The van der Waals surface area contributed by atoms with Gasteiger partial charge in [-0.05, 0) is 64.1 Å². The van der Waals surface area contributed by atoms with E-state index in [1.807, 2.05) is 18.3 Å². The number of aliphatic imine (C=N–C) groups is 1. The molecule has 2 rings (SSSR count). The van der Waals surface area contributed by atoms with E-state index in [1.165, 1.54) is 24.3 Å². The molecule has 1 aliphatic heterocycles. The first-order valence-corrected chi connectivity index (χ1v) is 10.5. The second-order valence-corrected chi connectivity index (χ2v) is 7.52. The van der Waals surface area contributed by atoms with Crippen LogP contribution in [0.2, 0.25) is 0 Å². The zero-order chi connectivity index (χ0) is 17.9. The predicted molar refractivity (Wildman–Crippen MR) is 108 cm³/mol. The lowest BCUT2D eigenvalue weighted by atomic mass is 9.88. The molecule has 0 aromatic carbocycles. The van der Waals surface area contributed by atoms with Gasteiger partial charge in [0.15, 0.2) is 5.96 Å². The van der Waals surface area contributed by atoms with Gasteiger partial charge in [-0.15, -0.1) is 11.3 Å². The molecule has 1 aromatic rings. The van der Waals surface area contributed by atoms with Gasteiger partial charge in [0.25, 0.3) is 0 Å². The summed E-state index contributed by atoms with van der Waals surface area (Å²) in [4.78, 5) is 8.85. The molecular weight excluding hydrogens is 332 g/mol. The fourth-order valence-electron chi connectivity index (χ4n) is 3.44. The maximum absolute atomic E-state index is 5.39. The molecular formula is C19H34N4OS. The van der Waals surface area contributed by atoms with Gasteiger partial charge in [-0.3, -0.25) is 9.89 Å². The molecule has 142 valence electrons. The number of rotatable bonds is 9. The topological polar surface area (TPSA) is 48.9 Å². The third kappa shape index (κ3) is 6.60. The molecule has 2 atom stereocenters. The predicted octanol–water partition coefficient (Wildman–Crippen LogP) is 3.11. The Bertz CT molecular complexity index is 492. The van der Waals surface area contributed by atoms with E-state index in [0.717, 1.165) is 45.2 Å². The Morgan fingerprint density at radius 1 is 1.40 bits per heavy atom. The first-order valence-electron chi connectivity index (χ1n) is 9.59. The highest BCUT2D eigenvalue weighted by atomic mass is 32.1. The van der Waals surface area contributed by atoms with Crippen LogP contribution in [0, 0.1) is 5.92 Å². The summed E-state index contributed by atoms with van der Waals surface area (Å²) in [5.74, 6) is 1.51. The molecule has 1 aliphatic rings. The first kappa shape index (κ1) is 20.2. The summed E-state index contributed by atoms with van der Waals surface area (Å²) in [5.41, 5.74) is 0. The molecule has 2 N–H and O–H groups in total. The van der Waals surface area contributed by atoms with Gasteiger partial charge in [0.2, 0.25) is 0 Å². The van der Waals surface area contributed by atoms with Crippen molar-refractivity contribution in [2.24, 2.45) is 10.9 Å². The Kier molecular flexibility index (Phi) is 9.29. The van der Waals surface area contributed by atoms with Crippen LogP contribution in [-0.2, 0) is 4.74 Å². The number of likely N-dealkylation sites (tertiary alicyclic amines) is 1. The first-order chi connectivity index (χ1) is 12.3. The number of thiophene rings is 1. The van der Waals surface area contributed by atoms with Crippen LogP contribution in [0.1, 0.15) is 44.0 Å². The van der Waals surface area contributed by atoms with E-state index >= 15 is 0 Å². The van der Waals surface area contributed by atoms with Gasteiger partial charge in [-0.1, -0.05) is 6.07 Å². The van der Waals surface area contributed by atoms with Gasteiger partial charge in [0.05, 0.1) is 0 Å². The molecule has 0 bridgehead atoms. The van der Waals surface area contributed by atoms with Crippen LogP contribution in [0.4, 0.5) is 0 Å². The number of hydrogen-bond donors (Lipinski definition) is 2. The van der Waals surface area contributed by atoms with Crippen molar-refractivity contribution in [1.82, 2.24) is 15.5 Å². The van der Waals surface area contributed by atoms with Crippen molar-refractivity contribution in [3.05, 3.63) is 22.4 Å². The average molecular weight is 367 g/mol. The van der Waals surface area contributed by atoms with Crippen LogP contribution in [0.3, 0.4) is 0 Å². The summed E-state index contributed by atoms with van der Waals surface area (Å²) in [5, 5.41) is 8.97. The van der Waals surface area contributed by atoms with Crippen LogP contribution >= 0.6 is 11.3 Å². The highest BCUT2D eigenvalue weighted by Crippen LogP contribution is 2.37. The average Bonchev–Trinajstić information content (AvgIpc) is 3.13. The molecule has 6 heteroatoms. The molecule has 0 amide bonds. The molecule has 5 nitrogen and oxygen atoms in total. The van der Waals surface area contributed by atoms with Crippen LogP contribution in [0.5, 0.6) is 0 Å². The second kappa shape index (κ2) is 11.5. The van der Waals surface area contributed by atoms with Gasteiger partial charge in [0.1, 0.15) is 0 Å². The lowest BCUT2D eigenvalue weighted by Crippen LogP contribution is -2.40. The highest BCUT2D eigenvalue weighted by molar-refractivity contribution is 7.10. The Morgan fingerprint density at radius 2 is 2.28 bits per heavy atom. The Morgan fingerprint density at radius 3 is 3.00 bits per heavy atom. The fourth-order valence-corrected chi connectivity index (χ4v) is 4.42. The zero-order valence-electron chi connectivity index (χ0n) is 16.0. The van der Waals surface area contributed by atoms with E-state index in [1.54, 1.807) is 0 Å². The molecule has 0 aliphatic carbocycles. The van der Waals surface area contributed by atoms with Gasteiger partial charge in [-0.2, -0.15) is 0 Å². The maximum atomic E-state index is 5.39. The molecule has 0 saturated carbocycles. The number of guanidine groups is 1. The summed E-state index contributed by atoms with van der Waals surface area (Å²) in [7, 11) is 2.25. The van der Waals surface area contributed by atoms with E-state index < -0.39 is 0 Å². The van der Waals surface area contributed by atoms with Crippen molar-refractivity contribution in [3.8, 4) is 0 Å². The van der Waals surface area contributed by atoms with Gasteiger partial charge < -0.3 is 15.4 Å². The normalized spacial score (nSPS) is 22.1. The molecule has 1 saturated heterocycles. The lowest BCUT2D eigenvalue weighted by molar-refractivity contribution is 0.128. The summed E-state index contributed by atoms with van der Waals surface area (Å²) in [6.45, 7) is 9.56. The van der Waals surface area contributed by atoms with E-state index in [-0.39, 0.29) is 0 Å². The quantitative estimate of drug-likeness (QED) is 0.400. The number of hydrogen-bond acceptors (Lipinski definition) is 4. The van der Waals surface area contributed by atoms with Crippen LogP contribution in [0.15, 0.2) is 22.5 Å². The molecule has 1 aromatic heterocycles. The minimum absolute atomic E-state index is 0.498. The van der Waals surface area contributed by atoms with E-state index in [9.17, 15) is 0 Å². The SMILES string of the molecule is CCNC(=NCC1CCCN(C)C1c1cccs1)NCCCOCC.